The van der Waals surface area contributed by atoms with Gasteiger partial charge in [-0.15, -0.1) is 0 Å². The van der Waals surface area contributed by atoms with E-state index in [1.807, 2.05) is 13.8 Å². The van der Waals surface area contributed by atoms with Crippen molar-refractivity contribution >= 4 is 5.91 Å². The second-order valence-corrected chi connectivity index (χ2v) is 6.25. The van der Waals surface area contributed by atoms with Gasteiger partial charge in [0, 0.05) is 18.1 Å². The Hall–Kier alpha value is -0.610. The summed E-state index contributed by atoms with van der Waals surface area (Å²) in [5.41, 5.74) is 0.241. The minimum atomic E-state index is -0.119. The van der Waals surface area contributed by atoms with Crippen LogP contribution in [0.15, 0.2) is 0 Å². The van der Waals surface area contributed by atoms with Crippen molar-refractivity contribution in [1.29, 1.82) is 0 Å². The SMILES string of the molecule is CCC(C)NC(=O)C(C)NCC1(N(C)C)CCCC1. The van der Waals surface area contributed by atoms with Crippen molar-refractivity contribution in [2.24, 2.45) is 0 Å². The lowest BCUT2D eigenvalue weighted by molar-refractivity contribution is -0.123. The molecule has 0 bridgehead atoms. The standard InChI is InChI=1S/C15H31N3O/c1-6-12(2)17-14(19)13(3)16-11-15(18(4)5)9-7-8-10-15/h12-13,16H,6-11H2,1-5H3,(H,17,19). The van der Waals surface area contributed by atoms with E-state index in [2.05, 4.69) is 36.6 Å². The van der Waals surface area contributed by atoms with Gasteiger partial charge in [-0.3, -0.25) is 4.79 Å². The molecular formula is C15H31N3O. The molecule has 1 aliphatic rings. The Bertz CT molecular complexity index is 285. The fraction of sp³-hybridized carbons (Fsp3) is 0.933. The smallest absolute Gasteiger partial charge is 0.237 e. The van der Waals surface area contributed by atoms with Crippen LogP contribution in [0, 0.1) is 0 Å². The molecule has 0 heterocycles. The number of amides is 1. The Morgan fingerprint density at radius 1 is 1.26 bits per heavy atom. The van der Waals surface area contributed by atoms with Gasteiger partial charge < -0.3 is 15.5 Å². The average Bonchev–Trinajstić information content (AvgIpc) is 2.85. The number of hydrogen-bond donors (Lipinski definition) is 2. The maximum atomic E-state index is 12.0. The summed E-state index contributed by atoms with van der Waals surface area (Å²) in [6, 6.07) is 0.137. The number of rotatable bonds is 7. The van der Waals surface area contributed by atoms with Crippen molar-refractivity contribution in [3.8, 4) is 0 Å². The van der Waals surface area contributed by atoms with Gasteiger partial charge in [0.1, 0.15) is 0 Å². The second kappa shape index (κ2) is 7.25. The zero-order chi connectivity index (χ0) is 14.5. The summed E-state index contributed by atoms with van der Waals surface area (Å²) in [6.07, 6.45) is 6.03. The van der Waals surface area contributed by atoms with E-state index < -0.39 is 0 Å². The van der Waals surface area contributed by atoms with Gasteiger partial charge in [-0.1, -0.05) is 19.8 Å². The average molecular weight is 269 g/mol. The Morgan fingerprint density at radius 3 is 2.32 bits per heavy atom. The van der Waals surface area contributed by atoms with Crippen molar-refractivity contribution in [3.63, 3.8) is 0 Å². The van der Waals surface area contributed by atoms with E-state index in [1.165, 1.54) is 25.7 Å². The zero-order valence-corrected chi connectivity index (χ0v) is 13.3. The van der Waals surface area contributed by atoms with Gasteiger partial charge in [0.05, 0.1) is 6.04 Å². The normalized spacial score (nSPS) is 21.4. The minimum absolute atomic E-state index is 0.112. The lowest BCUT2D eigenvalue weighted by Crippen LogP contribution is -2.54. The van der Waals surface area contributed by atoms with E-state index >= 15 is 0 Å². The zero-order valence-electron chi connectivity index (χ0n) is 13.3. The maximum Gasteiger partial charge on any atom is 0.237 e. The summed E-state index contributed by atoms with van der Waals surface area (Å²) in [6.45, 7) is 6.98. The van der Waals surface area contributed by atoms with Crippen LogP contribution in [-0.4, -0.2) is 49.1 Å². The molecule has 2 atom stereocenters. The molecule has 2 unspecified atom stereocenters. The number of carbonyl (C=O) groups excluding carboxylic acids is 1. The summed E-state index contributed by atoms with van der Waals surface area (Å²) < 4.78 is 0. The minimum Gasteiger partial charge on any atom is -0.352 e. The first kappa shape index (κ1) is 16.4. The van der Waals surface area contributed by atoms with E-state index in [9.17, 15) is 4.79 Å². The van der Waals surface area contributed by atoms with Crippen molar-refractivity contribution in [1.82, 2.24) is 15.5 Å². The van der Waals surface area contributed by atoms with Crippen molar-refractivity contribution in [2.75, 3.05) is 20.6 Å². The molecule has 4 heteroatoms. The predicted octanol–water partition coefficient (Wildman–Crippen LogP) is 1.75. The third-order valence-corrected chi connectivity index (χ3v) is 4.61. The second-order valence-electron chi connectivity index (χ2n) is 6.25. The lowest BCUT2D eigenvalue weighted by atomic mass is 9.95. The Labute approximate surface area is 118 Å². The molecule has 0 radical (unpaired) electrons. The first-order chi connectivity index (χ1) is 8.91. The molecule has 112 valence electrons. The van der Waals surface area contributed by atoms with Crippen LogP contribution in [0.25, 0.3) is 0 Å². The van der Waals surface area contributed by atoms with Crippen molar-refractivity contribution in [2.45, 2.75) is 70.5 Å². The van der Waals surface area contributed by atoms with E-state index in [0.717, 1.165) is 13.0 Å². The van der Waals surface area contributed by atoms with E-state index in [1.54, 1.807) is 0 Å². The van der Waals surface area contributed by atoms with Gasteiger partial charge >= 0.3 is 0 Å². The summed E-state index contributed by atoms with van der Waals surface area (Å²) >= 11 is 0. The third kappa shape index (κ3) is 4.46. The van der Waals surface area contributed by atoms with Gasteiger partial charge in [-0.05, 0) is 47.2 Å². The summed E-state index contributed by atoms with van der Waals surface area (Å²) in [5.74, 6) is 0.112. The molecule has 19 heavy (non-hydrogen) atoms. The van der Waals surface area contributed by atoms with Crippen LogP contribution in [0.5, 0.6) is 0 Å². The van der Waals surface area contributed by atoms with Crippen molar-refractivity contribution < 1.29 is 4.79 Å². The fourth-order valence-electron chi connectivity index (χ4n) is 2.72. The Kier molecular flexibility index (Phi) is 6.27. The molecule has 1 fully saturated rings. The fourth-order valence-corrected chi connectivity index (χ4v) is 2.72. The summed E-state index contributed by atoms with van der Waals surface area (Å²) in [7, 11) is 4.30. The molecule has 1 rings (SSSR count). The highest BCUT2D eigenvalue weighted by Gasteiger charge is 2.36. The van der Waals surface area contributed by atoms with Crippen LogP contribution >= 0.6 is 0 Å². The Balaban J connectivity index is 2.44. The van der Waals surface area contributed by atoms with Gasteiger partial charge in [0.15, 0.2) is 0 Å². The third-order valence-electron chi connectivity index (χ3n) is 4.61. The molecule has 1 amide bonds. The van der Waals surface area contributed by atoms with E-state index in [-0.39, 0.29) is 23.5 Å². The molecule has 2 N–H and O–H groups in total. The highest BCUT2D eigenvalue weighted by Crippen LogP contribution is 2.33. The van der Waals surface area contributed by atoms with Crippen LogP contribution in [0.4, 0.5) is 0 Å². The molecule has 0 aromatic carbocycles. The van der Waals surface area contributed by atoms with E-state index in [0.29, 0.717) is 0 Å². The molecule has 1 saturated carbocycles. The van der Waals surface area contributed by atoms with Crippen LogP contribution in [0.1, 0.15) is 52.9 Å². The molecule has 1 aliphatic carbocycles. The lowest BCUT2D eigenvalue weighted by Gasteiger charge is -2.37. The van der Waals surface area contributed by atoms with Crippen molar-refractivity contribution in [3.05, 3.63) is 0 Å². The highest BCUT2D eigenvalue weighted by atomic mass is 16.2. The highest BCUT2D eigenvalue weighted by molar-refractivity contribution is 5.81. The first-order valence-electron chi connectivity index (χ1n) is 7.62. The molecule has 0 spiro atoms. The number of nitrogens with one attached hydrogen (secondary N) is 2. The largest absolute Gasteiger partial charge is 0.352 e. The van der Waals surface area contributed by atoms with Gasteiger partial charge in [0.25, 0.3) is 0 Å². The topological polar surface area (TPSA) is 44.4 Å². The predicted molar refractivity (Wildman–Crippen MR) is 80.2 cm³/mol. The number of likely N-dealkylation sites (N-methyl/N-ethyl adjacent to an activating group) is 1. The summed E-state index contributed by atoms with van der Waals surface area (Å²) in [4.78, 5) is 14.3. The quantitative estimate of drug-likeness (QED) is 0.740. The molecule has 4 nitrogen and oxygen atoms in total. The number of nitrogens with zero attached hydrogens (tertiary/aromatic N) is 1. The van der Waals surface area contributed by atoms with E-state index in [4.69, 9.17) is 0 Å². The van der Waals surface area contributed by atoms with Gasteiger partial charge in [-0.2, -0.15) is 0 Å². The van der Waals surface area contributed by atoms with Crippen LogP contribution < -0.4 is 10.6 Å². The molecule has 0 aliphatic heterocycles. The maximum absolute atomic E-state index is 12.0. The molecule has 0 aromatic rings. The number of carbonyl (C=O) groups is 1. The Morgan fingerprint density at radius 2 is 1.84 bits per heavy atom. The van der Waals surface area contributed by atoms with Crippen LogP contribution in [-0.2, 0) is 4.79 Å². The molecular weight excluding hydrogens is 238 g/mol. The first-order valence-corrected chi connectivity index (χ1v) is 7.62. The molecule has 0 aromatic heterocycles. The van der Waals surface area contributed by atoms with Gasteiger partial charge in [-0.25, -0.2) is 0 Å². The summed E-state index contributed by atoms with van der Waals surface area (Å²) in [5, 5.41) is 6.45. The number of hydrogen-bond acceptors (Lipinski definition) is 3. The van der Waals surface area contributed by atoms with Gasteiger partial charge in [0.2, 0.25) is 5.91 Å². The monoisotopic (exact) mass is 269 g/mol. The van der Waals surface area contributed by atoms with Crippen LogP contribution in [0.3, 0.4) is 0 Å². The van der Waals surface area contributed by atoms with Crippen LogP contribution in [0.2, 0.25) is 0 Å². The molecule has 0 saturated heterocycles.